The molecule has 2 aromatic rings. The summed E-state index contributed by atoms with van der Waals surface area (Å²) < 4.78 is 0. The van der Waals surface area contributed by atoms with Crippen LogP contribution >= 0.6 is 0 Å². The third-order valence-corrected chi connectivity index (χ3v) is 5.16. The molecular weight excluding hydrogens is 350 g/mol. The Kier molecular flexibility index (Phi) is 6.52. The Morgan fingerprint density at radius 2 is 1.93 bits per heavy atom. The van der Waals surface area contributed by atoms with Gasteiger partial charge in [0.05, 0.1) is 6.10 Å². The van der Waals surface area contributed by atoms with Gasteiger partial charge in [0.1, 0.15) is 17.5 Å². The van der Waals surface area contributed by atoms with E-state index in [2.05, 4.69) is 61.3 Å². The third-order valence-electron chi connectivity index (χ3n) is 5.16. The van der Waals surface area contributed by atoms with Crippen LogP contribution in [0.1, 0.15) is 55.3 Å². The van der Waals surface area contributed by atoms with Gasteiger partial charge in [-0.2, -0.15) is 0 Å². The molecule has 2 N–H and O–H groups in total. The van der Waals surface area contributed by atoms with E-state index in [0.29, 0.717) is 0 Å². The molecule has 6 nitrogen and oxygen atoms in total. The highest BCUT2D eigenvalue weighted by Gasteiger charge is 2.20. The summed E-state index contributed by atoms with van der Waals surface area (Å²) in [6.07, 6.45) is 0.537. The van der Waals surface area contributed by atoms with Crippen molar-refractivity contribution < 1.29 is 5.11 Å². The van der Waals surface area contributed by atoms with Gasteiger partial charge in [0.15, 0.2) is 0 Å². The van der Waals surface area contributed by atoms with Gasteiger partial charge in [-0.25, -0.2) is 9.97 Å². The molecule has 0 fully saturated rings. The maximum Gasteiger partial charge on any atom is 0.135 e. The SMILES string of the molecule is CC(C)c1nc(NCCN(C)C)cc(N2CCc3cc([C@H](C)O)ccc3C2)n1. The highest BCUT2D eigenvalue weighted by atomic mass is 16.3. The van der Waals surface area contributed by atoms with Gasteiger partial charge in [0.25, 0.3) is 0 Å². The Balaban J connectivity index is 1.81. The Hall–Kier alpha value is -2.18. The Bertz CT molecular complexity index is 804. The van der Waals surface area contributed by atoms with Crippen LogP contribution in [0.25, 0.3) is 0 Å². The molecular formula is C22H33N5O. The molecule has 152 valence electrons. The normalized spacial score (nSPS) is 15.1. The van der Waals surface area contributed by atoms with Crippen LogP contribution in [-0.2, 0) is 13.0 Å². The van der Waals surface area contributed by atoms with Crippen LogP contribution in [0, 0.1) is 0 Å². The van der Waals surface area contributed by atoms with E-state index in [1.165, 1.54) is 11.1 Å². The zero-order chi connectivity index (χ0) is 20.3. The van der Waals surface area contributed by atoms with Crippen molar-refractivity contribution >= 4 is 11.6 Å². The zero-order valence-electron chi connectivity index (χ0n) is 17.7. The molecule has 2 heterocycles. The predicted molar refractivity (Wildman–Crippen MR) is 115 cm³/mol. The fourth-order valence-corrected chi connectivity index (χ4v) is 3.40. The smallest absolute Gasteiger partial charge is 0.135 e. The highest BCUT2D eigenvalue weighted by molar-refractivity contribution is 5.52. The van der Waals surface area contributed by atoms with Crippen LogP contribution in [0.4, 0.5) is 11.6 Å². The molecule has 0 saturated carbocycles. The molecule has 0 aliphatic carbocycles. The number of nitrogens with one attached hydrogen (secondary N) is 1. The number of aliphatic hydroxyl groups excluding tert-OH is 1. The van der Waals surface area contributed by atoms with E-state index in [1.54, 1.807) is 0 Å². The second-order valence-electron chi connectivity index (χ2n) is 8.23. The van der Waals surface area contributed by atoms with E-state index in [-0.39, 0.29) is 5.92 Å². The summed E-state index contributed by atoms with van der Waals surface area (Å²) in [5.41, 5.74) is 3.63. The van der Waals surface area contributed by atoms with E-state index in [1.807, 2.05) is 13.0 Å². The number of nitrogens with zero attached hydrogens (tertiary/aromatic N) is 4. The molecule has 0 radical (unpaired) electrons. The molecule has 6 heteroatoms. The maximum absolute atomic E-state index is 9.84. The van der Waals surface area contributed by atoms with Crippen LogP contribution < -0.4 is 10.2 Å². The number of aliphatic hydroxyl groups is 1. The van der Waals surface area contributed by atoms with Crippen LogP contribution in [0.2, 0.25) is 0 Å². The lowest BCUT2D eigenvalue weighted by Crippen LogP contribution is -2.31. The molecule has 1 aliphatic rings. The predicted octanol–water partition coefficient (Wildman–Crippen LogP) is 3.19. The van der Waals surface area contributed by atoms with E-state index >= 15 is 0 Å². The number of likely N-dealkylation sites (N-methyl/N-ethyl adjacent to an activating group) is 1. The molecule has 1 aliphatic heterocycles. The van der Waals surface area contributed by atoms with Crippen LogP contribution in [0.3, 0.4) is 0 Å². The van der Waals surface area contributed by atoms with Gasteiger partial charge in [-0.1, -0.05) is 32.0 Å². The summed E-state index contributed by atoms with van der Waals surface area (Å²) in [5.74, 6) is 3.03. The minimum absolute atomic E-state index is 0.278. The first-order chi connectivity index (χ1) is 13.3. The van der Waals surface area contributed by atoms with E-state index in [0.717, 1.165) is 55.6 Å². The number of fused-ring (bicyclic) bond motifs is 1. The minimum atomic E-state index is -0.422. The Morgan fingerprint density at radius 3 is 2.61 bits per heavy atom. The summed E-state index contributed by atoms with van der Waals surface area (Å²) in [4.78, 5) is 14.0. The summed E-state index contributed by atoms with van der Waals surface area (Å²) in [6.45, 7) is 9.64. The first-order valence-electron chi connectivity index (χ1n) is 10.2. The number of hydrogen-bond donors (Lipinski definition) is 2. The van der Waals surface area contributed by atoms with E-state index < -0.39 is 6.10 Å². The van der Waals surface area contributed by atoms with Crippen molar-refractivity contribution in [1.29, 1.82) is 0 Å². The second-order valence-corrected chi connectivity index (χ2v) is 8.23. The molecule has 0 bridgehead atoms. The molecule has 0 unspecified atom stereocenters. The summed E-state index contributed by atoms with van der Waals surface area (Å²) >= 11 is 0. The lowest BCUT2D eigenvalue weighted by atomic mass is 9.96. The lowest BCUT2D eigenvalue weighted by molar-refractivity contribution is 0.199. The Labute approximate surface area is 168 Å². The van der Waals surface area contributed by atoms with Crippen molar-refractivity contribution in [1.82, 2.24) is 14.9 Å². The van der Waals surface area contributed by atoms with Crippen LogP contribution in [0.5, 0.6) is 0 Å². The number of benzene rings is 1. The topological polar surface area (TPSA) is 64.5 Å². The van der Waals surface area contributed by atoms with Crippen LogP contribution in [-0.4, -0.2) is 53.7 Å². The number of aromatic nitrogens is 2. The fraction of sp³-hybridized carbons (Fsp3) is 0.545. The van der Waals surface area contributed by atoms with Gasteiger partial charge in [0, 0.05) is 38.2 Å². The first-order valence-corrected chi connectivity index (χ1v) is 10.2. The summed E-state index contributed by atoms with van der Waals surface area (Å²) in [7, 11) is 4.14. The fourth-order valence-electron chi connectivity index (χ4n) is 3.40. The standard InChI is InChI=1S/C22H33N5O/c1-15(2)22-24-20(23-9-11-26(4)5)13-21(25-22)27-10-8-18-12-17(16(3)28)6-7-19(18)14-27/h6-7,12-13,15-16,28H,8-11,14H2,1-5H3,(H,23,24,25)/t16-/m0/s1. The molecule has 3 rings (SSSR count). The average Bonchev–Trinajstić information content (AvgIpc) is 2.66. The largest absolute Gasteiger partial charge is 0.389 e. The molecule has 0 amide bonds. The van der Waals surface area contributed by atoms with Crippen molar-refractivity contribution in [3.8, 4) is 0 Å². The van der Waals surface area contributed by atoms with E-state index in [9.17, 15) is 5.11 Å². The molecule has 1 aromatic carbocycles. The van der Waals surface area contributed by atoms with Gasteiger partial charge in [-0.3, -0.25) is 0 Å². The monoisotopic (exact) mass is 383 g/mol. The molecule has 1 atom stereocenters. The van der Waals surface area contributed by atoms with Crippen molar-refractivity contribution in [2.45, 2.75) is 45.8 Å². The van der Waals surface area contributed by atoms with Crippen LogP contribution in [0.15, 0.2) is 24.3 Å². The average molecular weight is 384 g/mol. The molecule has 0 saturated heterocycles. The molecule has 1 aromatic heterocycles. The molecule has 28 heavy (non-hydrogen) atoms. The first kappa shape index (κ1) is 20.6. The number of rotatable bonds is 7. The lowest BCUT2D eigenvalue weighted by Gasteiger charge is -2.31. The van der Waals surface area contributed by atoms with E-state index in [4.69, 9.17) is 9.97 Å². The highest BCUT2D eigenvalue weighted by Crippen LogP contribution is 2.28. The number of anilines is 2. The Morgan fingerprint density at radius 1 is 1.14 bits per heavy atom. The van der Waals surface area contributed by atoms with Crippen molar-refractivity contribution in [3.63, 3.8) is 0 Å². The van der Waals surface area contributed by atoms with Gasteiger partial charge in [-0.15, -0.1) is 0 Å². The van der Waals surface area contributed by atoms with Crippen molar-refractivity contribution in [2.24, 2.45) is 0 Å². The summed E-state index contributed by atoms with van der Waals surface area (Å²) in [6, 6.07) is 8.38. The maximum atomic E-state index is 9.84. The van der Waals surface area contributed by atoms with Crippen molar-refractivity contribution in [3.05, 3.63) is 46.8 Å². The third kappa shape index (κ3) is 5.00. The van der Waals surface area contributed by atoms with Gasteiger partial charge < -0.3 is 20.2 Å². The van der Waals surface area contributed by atoms with Crippen molar-refractivity contribution in [2.75, 3.05) is 43.9 Å². The second kappa shape index (κ2) is 8.88. The minimum Gasteiger partial charge on any atom is -0.389 e. The molecule has 0 spiro atoms. The van der Waals surface area contributed by atoms with Gasteiger partial charge >= 0.3 is 0 Å². The zero-order valence-corrected chi connectivity index (χ0v) is 17.7. The number of hydrogen-bond acceptors (Lipinski definition) is 6. The van der Waals surface area contributed by atoms with Gasteiger partial charge in [0.2, 0.25) is 0 Å². The van der Waals surface area contributed by atoms with Gasteiger partial charge in [-0.05, 0) is 44.1 Å². The quantitative estimate of drug-likeness (QED) is 0.766. The summed E-state index contributed by atoms with van der Waals surface area (Å²) in [5, 5.41) is 13.3.